The first-order chi connectivity index (χ1) is 10.2. The summed E-state index contributed by atoms with van der Waals surface area (Å²) in [4.78, 5) is 11.7. The highest BCUT2D eigenvalue weighted by atomic mass is 16.6. The van der Waals surface area contributed by atoms with Gasteiger partial charge < -0.3 is 20.3 Å². The van der Waals surface area contributed by atoms with Crippen LogP contribution in [-0.4, -0.2) is 40.7 Å². The molecule has 0 saturated heterocycles. The Labute approximate surface area is 131 Å². The van der Waals surface area contributed by atoms with E-state index in [9.17, 15) is 15.0 Å². The maximum absolute atomic E-state index is 11.7. The van der Waals surface area contributed by atoms with Crippen molar-refractivity contribution in [2.24, 2.45) is 0 Å². The Kier molecular flexibility index (Phi) is 6.59. The summed E-state index contributed by atoms with van der Waals surface area (Å²) in [5.74, 6) is 0. The van der Waals surface area contributed by atoms with Crippen LogP contribution in [0.4, 0.5) is 4.79 Å². The molecule has 2 atom stereocenters. The van der Waals surface area contributed by atoms with Crippen LogP contribution in [0, 0.1) is 6.92 Å². The number of hydrogen-bond donors (Lipinski definition) is 3. The smallest absolute Gasteiger partial charge is 0.408 e. The lowest BCUT2D eigenvalue weighted by Crippen LogP contribution is -2.46. The highest BCUT2D eigenvalue weighted by molar-refractivity contribution is 5.68. The lowest BCUT2D eigenvalue weighted by Gasteiger charge is -2.24. The SMILES string of the molecule is Cc1ccc(/C=C/[C@H](O)[C@@H](CO)NC(=O)OC(C)(C)C)cc1. The van der Waals surface area contributed by atoms with Crippen LogP contribution in [0.3, 0.4) is 0 Å². The molecule has 0 saturated carbocycles. The second kappa shape index (κ2) is 7.96. The average Bonchev–Trinajstić information content (AvgIpc) is 2.42. The van der Waals surface area contributed by atoms with E-state index in [1.807, 2.05) is 31.2 Å². The maximum atomic E-state index is 11.7. The Hall–Kier alpha value is -1.85. The highest BCUT2D eigenvalue weighted by Gasteiger charge is 2.22. The molecule has 0 aromatic heterocycles. The van der Waals surface area contributed by atoms with E-state index < -0.39 is 30.4 Å². The molecule has 1 aromatic carbocycles. The average molecular weight is 307 g/mol. The molecule has 5 nitrogen and oxygen atoms in total. The summed E-state index contributed by atoms with van der Waals surface area (Å²) in [6, 6.07) is 6.96. The van der Waals surface area contributed by atoms with Gasteiger partial charge in [-0.05, 0) is 33.3 Å². The number of aliphatic hydroxyl groups excluding tert-OH is 2. The van der Waals surface area contributed by atoms with E-state index in [1.165, 1.54) is 6.08 Å². The minimum absolute atomic E-state index is 0.390. The third kappa shape index (κ3) is 6.74. The number of hydrogen-bond acceptors (Lipinski definition) is 4. The van der Waals surface area contributed by atoms with Gasteiger partial charge in [0.25, 0.3) is 0 Å². The number of aryl methyl sites for hydroxylation is 1. The molecule has 1 rings (SSSR count). The van der Waals surface area contributed by atoms with Gasteiger partial charge in [0.15, 0.2) is 0 Å². The third-order valence-corrected chi connectivity index (χ3v) is 2.87. The van der Waals surface area contributed by atoms with Crippen molar-refractivity contribution in [3.8, 4) is 0 Å². The molecule has 0 bridgehead atoms. The quantitative estimate of drug-likeness (QED) is 0.779. The van der Waals surface area contributed by atoms with Crippen molar-refractivity contribution in [3.05, 3.63) is 41.5 Å². The number of ether oxygens (including phenoxy) is 1. The molecular formula is C17H25NO4. The van der Waals surface area contributed by atoms with Gasteiger partial charge in [-0.3, -0.25) is 0 Å². The van der Waals surface area contributed by atoms with E-state index in [2.05, 4.69) is 5.32 Å². The van der Waals surface area contributed by atoms with Gasteiger partial charge in [0, 0.05) is 0 Å². The fourth-order valence-electron chi connectivity index (χ4n) is 1.72. The van der Waals surface area contributed by atoms with Crippen molar-refractivity contribution < 1.29 is 19.7 Å². The van der Waals surface area contributed by atoms with Gasteiger partial charge in [-0.15, -0.1) is 0 Å². The summed E-state index contributed by atoms with van der Waals surface area (Å²) in [7, 11) is 0. The Morgan fingerprint density at radius 1 is 1.32 bits per heavy atom. The molecule has 0 aliphatic carbocycles. The number of carbonyl (C=O) groups excluding carboxylic acids is 1. The van der Waals surface area contributed by atoms with Crippen LogP contribution >= 0.6 is 0 Å². The monoisotopic (exact) mass is 307 g/mol. The first kappa shape index (κ1) is 18.2. The van der Waals surface area contributed by atoms with E-state index in [0.29, 0.717) is 0 Å². The fourth-order valence-corrected chi connectivity index (χ4v) is 1.72. The van der Waals surface area contributed by atoms with Crippen molar-refractivity contribution >= 4 is 12.2 Å². The number of nitrogens with one attached hydrogen (secondary N) is 1. The first-order valence-electron chi connectivity index (χ1n) is 7.24. The second-order valence-electron chi connectivity index (χ2n) is 6.20. The molecule has 0 fully saturated rings. The summed E-state index contributed by atoms with van der Waals surface area (Å²) < 4.78 is 5.10. The number of benzene rings is 1. The minimum atomic E-state index is -1.01. The van der Waals surface area contributed by atoms with Crippen LogP contribution in [0.2, 0.25) is 0 Å². The highest BCUT2D eigenvalue weighted by Crippen LogP contribution is 2.09. The molecule has 1 aromatic rings. The van der Waals surface area contributed by atoms with Gasteiger partial charge in [-0.2, -0.15) is 0 Å². The van der Waals surface area contributed by atoms with Crippen molar-refractivity contribution in [3.63, 3.8) is 0 Å². The number of amides is 1. The van der Waals surface area contributed by atoms with Gasteiger partial charge in [-0.1, -0.05) is 42.0 Å². The largest absolute Gasteiger partial charge is 0.444 e. The van der Waals surface area contributed by atoms with E-state index in [-0.39, 0.29) is 0 Å². The maximum Gasteiger partial charge on any atom is 0.408 e. The predicted molar refractivity (Wildman–Crippen MR) is 86.5 cm³/mol. The zero-order valence-corrected chi connectivity index (χ0v) is 13.5. The van der Waals surface area contributed by atoms with Gasteiger partial charge in [0.1, 0.15) is 5.60 Å². The van der Waals surface area contributed by atoms with Gasteiger partial charge in [-0.25, -0.2) is 4.79 Å². The fraction of sp³-hybridized carbons (Fsp3) is 0.471. The molecule has 0 aliphatic heterocycles. The Balaban J connectivity index is 2.62. The molecule has 0 unspecified atom stereocenters. The van der Waals surface area contributed by atoms with Gasteiger partial charge in [0.2, 0.25) is 0 Å². The molecule has 0 aliphatic rings. The predicted octanol–water partition coefficient (Wildman–Crippen LogP) is 2.25. The summed E-state index contributed by atoms with van der Waals surface area (Å²) in [6.07, 6.45) is 1.58. The molecule has 5 heteroatoms. The van der Waals surface area contributed by atoms with Gasteiger partial charge >= 0.3 is 6.09 Å². The number of alkyl carbamates (subject to hydrolysis) is 1. The molecule has 122 valence electrons. The normalized spacial score (nSPS) is 14.6. The third-order valence-electron chi connectivity index (χ3n) is 2.87. The molecule has 22 heavy (non-hydrogen) atoms. The van der Waals surface area contributed by atoms with Crippen LogP contribution in [0.25, 0.3) is 6.08 Å². The number of carbonyl (C=O) groups is 1. The standard InChI is InChI=1S/C17H25NO4/c1-12-5-7-13(8-6-12)9-10-15(20)14(11-19)18-16(21)22-17(2,3)4/h5-10,14-15,19-20H,11H2,1-4H3,(H,18,21)/b10-9+/t14-,15+/m1/s1. The van der Waals surface area contributed by atoms with Crippen molar-refractivity contribution in [1.29, 1.82) is 0 Å². The van der Waals surface area contributed by atoms with Crippen LogP contribution in [0.5, 0.6) is 0 Å². The zero-order chi connectivity index (χ0) is 16.8. The summed E-state index contributed by atoms with van der Waals surface area (Å²) in [5, 5.41) is 21.8. The zero-order valence-electron chi connectivity index (χ0n) is 13.5. The number of aliphatic hydroxyl groups is 2. The van der Waals surface area contributed by atoms with Crippen LogP contribution in [0.1, 0.15) is 31.9 Å². The lowest BCUT2D eigenvalue weighted by molar-refractivity contribution is 0.0406. The molecule has 1 amide bonds. The lowest BCUT2D eigenvalue weighted by atomic mass is 10.1. The van der Waals surface area contributed by atoms with Crippen LogP contribution in [-0.2, 0) is 4.74 Å². The van der Waals surface area contributed by atoms with E-state index >= 15 is 0 Å². The second-order valence-corrected chi connectivity index (χ2v) is 6.20. The molecule has 3 N–H and O–H groups in total. The van der Waals surface area contributed by atoms with Crippen molar-refractivity contribution in [2.75, 3.05) is 6.61 Å². The van der Waals surface area contributed by atoms with Crippen LogP contribution in [0.15, 0.2) is 30.3 Å². The topological polar surface area (TPSA) is 78.8 Å². The summed E-state index contributed by atoms with van der Waals surface area (Å²) in [6.45, 7) is 6.84. The summed E-state index contributed by atoms with van der Waals surface area (Å²) in [5.41, 5.74) is 1.45. The van der Waals surface area contributed by atoms with E-state index in [0.717, 1.165) is 11.1 Å². The Morgan fingerprint density at radius 3 is 2.41 bits per heavy atom. The van der Waals surface area contributed by atoms with E-state index in [4.69, 9.17) is 4.74 Å². The number of rotatable bonds is 5. The van der Waals surface area contributed by atoms with Gasteiger partial charge in [0.05, 0.1) is 18.8 Å². The molecular weight excluding hydrogens is 282 g/mol. The molecule has 0 spiro atoms. The Bertz CT molecular complexity index is 502. The van der Waals surface area contributed by atoms with E-state index in [1.54, 1.807) is 26.8 Å². The summed E-state index contributed by atoms with van der Waals surface area (Å²) >= 11 is 0. The van der Waals surface area contributed by atoms with Crippen molar-refractivity contribution in [1.82, 2.24) is 5.32 Å². The Morgan fingerprint density at radius 2 is 1.91 bits per heavy atom. The first-order valence-corrected chi connectivity index (χ1v) is 7.24. The molecule has 0 heterocycles. The van der Waals surface area contributed by atoms with Crippen LogP contribution < -0.4 is 5.32 Å². The molecule has 0 radical (unpaired) electrons. The minimum Gasteiger partial charge on any atom is -0.444 e. The van der Waals surface area contributed by atoms with Crippen molar-refractivity contribution in [2.45, 2.75) is 45.4 Å².